The van der Waals surface area contributed by atoms with Crippen LogP contribution in [0.3, 0.4) is 0 Å². The van der Waals surface area contributed by atoms with Crippen LogP contribution in [-0.4, -0.2) is 24.8 Å². The zero-order valence-electron chi connectivity index (χ0n) is 12.9. The highest BCUT2D eigenvalue weighted by atomic mass is 16.5. The Kier molecular flexibility index (Phi) is 7.25. The average molecular weight is 255 g/mol. The van der Waals surface area contributed by atoms with Crippen LogP contribution in [0.15, 0.2) is 0 Å². The third kappa shape index (κ3) is 4.24. The van der Waals surface area contributed by atoms with Crippen molar-refractivity contribution in [1.82, 2.24) is 5.32 Å². The molecule has 18 heavy (non-hydrogen) atoms. The van der Waals surface area contributed by atoms with E-state index >= 15 is 0 Å². The van der Waals surface area contributed by atoms with Gasteiger partial charge in [0.25, 0.3) is 0 Å². The van der Waals surface area contributed by atoms with E-state index in [1.165, 1.54) is 44.9 Å². The molecule has 108 valence electrons. The fourth-order valence-corrected chi connectivity index (χ4v) is 3.34. The molecule has 0 aromatic heterocycles. The number of ether oxygens (including phenoxy) is 1. The lowest BCUT2D eigenvalue weighted by Gasteiger charge is -2.45. The summed E-state index contributed by atoms with van der Waals surface area (Å²) in [7, 11) is 0. The van der Waals surface area contributed by atoms with Gasteiger partial charge in [0.15, 0.2) is 0 Å². The Morgan fingerprint density at radius 3 is 2.39 bits per heavy atom. The van der Waals surface area contributed by atoms with E-state index in [2.05, 4.69) is 33.0 Å². The minimum Gasteiger partial charge on any atom is -0.374 e. The Bertz CT molecular complexity index is 209. The smallest absolute Gasteiger partial charge is 0.0834 e. The van der Waals surface area contributed by atoms with Crippen LogP contribution in [0.2, 0.25) is 0 Å². The second-order valence-electron chi connectivity index (χ2n) is 5.93. The molecule has 1 rings (SSSR count). The Morgan fingerprint density at radius 2 is 1.89 bits per heavy atom. The number of nitrogens with one attached hydrogen (secondary N) is 1. The minimum absolute atomic E-state index is 0.118. The van der Waals surface area contributed by atoms with Gasteiger partial charge in [-0.25, -0.2) is 0 Å². The molecule has 0 heterocycles. The molecule has 1 saturated carbocycles. The predicted molar refractivity (Wildman–Crippen MR) is 79.0 cm³/mol. The fourth-order valence-electron chi connectivity index (χ4n) is 3.34. The van der Waals surface area contributed by atoms with Crippen LogP contribution in [0.4, 0.5) is 0 Å². The first-order valence-corrected chi connectivity index (χ1v) is 8.05. The summed E-state index contributed by atoms with van der Waals surface area (Å²) in [5.41, 5.74) is 0.118. The monoisotopic (exact) mass is 255 g/mol. The van der Waals surface area contributed by atoms with Crippen LogP contribution in [-0.2, 0) is 4.74 Å². The first-order chi connectivity index (χ1) is 8.68. The summed E-state index contributed by atoms with van der Waals surface area (Å²) in [5, 5.41) is 3.70. The lowest BCUT2D eigenvalue weighted by atomic mass is 9.74. The average Bonchev–Trinajstić information content (AvgIpc) is 2.38. The molecule has 0 spiro atoms. The molecule has 2 heteroatoms. The van der Waals surface area contributed by atoms with E-state index in [1.54, 1.807) is 0 Å². The lowest BCUT2D eigenvalue weighted by Crippen LogP contribution is -2.54. The molecule has 0 saturated heterocycles. The minimum atomic E-state index is 0.118. The molecule has 1 unspecified atom stereocenters. The largest absolute Gasteiger partial charge is 0.374 e. The summed E-state index contributed by atoms with van der Waals surface area (Å²) < 4.78 is 6.27. The van der Waals surface area contributed by atoms with Crippen molar-refractivity contribution in [3.05, 3.63) is 0 Å². The maximum Gasteiger partial charge on any atom is 0.0834 e. The van der Waals surface area contributed by atoms with Crippen molar-refractivity contribution in [2.24, 2.45) is 5.92 Å². The molecule has 1 fully saturated rings. The molecule has 0 aliphatic heterocycles. The van der Waals surface area contributed by atoms with Crippen molar-refractivity contribution in [2.45, 2.75) is 84.3 Å². The molecule has 1 N–H and O–H groups in total. The molecular weight excluding hydrogens is 222 g/mol. The molecule has 0 aromatic rings. The topological polar surface area (TPSA) is 21.3 Å². The van der Waals surface area contributed by atoms with Gasteiger partial charge in [-0.2, -0.15) is 0 Å². The van der Waals surface area contributed by atoms with E-state index in [1.807, 2.05) is 0 Å². The van der Waals surface area contributed by atoms with Crippen molar-refractivity contribution < 1.29 is 4.74 Å². The zero-order chi connectivity index (χ0) is 13.4. The summed E-state index contributed by atoms with van der Waals surface area (Å²) in [6.45, 7) is 10.9. The summed E-state index contributed by atoms with van der Waals surface area (Å²) >= 11 is 0. The summed E-state index contributed by atoms with van der Waals surface area (Å²) in [5.74, 6) is 0.882. The van der Waals surface area contributed by atoms with Gasteiger partial charge in [0.05, 0.1) is 5.60 Å². The number of hydrogen-bond acceptors (Lipinski definition) is 2. The summed E-state index contributed by atoms with van der Waals surface area (Å²) in [4.78, 5) is 0. The predicted octanol–water partition coefficient (Wildman–Crippen LogP) is 4.14. The highest BCUT2D eigenvalue weighted by Crippen LogP contribution is 2.38. The third-order valence-electron chi connectivity index (χ3n) is 4.48. The van der Waals surface area contributed by atoms with Crippen LogP contribution in [0, 0.1) is 5.92 Å². The van der Waals surface area contributed by atoms with Crippen molar-refractivity contribution in [3.63, 3.8) is 0 Å². The standard InChI is InChI=1S/C16H33NO/c1-5-8-9-15(17-6-2)16(18-7-3)12-10-14(4)11-13-16/h14-15,17H,5-13H2,1-4H3. The normalized spacial score (nSPS) is 30.3. The van der Waals surface area contributed by atoms with Crippen LogP contribution >= 0.6 is 0 Å². The van der Waals surface area contributed by atoms with Crippen LogP contribution in [0.5, 0.6) is 0 Å². The van der Waals surface area contributed by atoms with Crippen LogP contribution in [0.25, 0.3) is 0 Å². The summed E-state index contributed by atoms with van der Waals surface area (Å²) in [6.07, 6.45) is 8.98. The Balaban J connectivity index is 2.71. The van der Waals surface area contributed by atoms with E-state index in [0.29, 0.717) is 6.04 Å². The zero-order valence-corrected chi connectivity index (χ0v) is 12.9. The SMILES string of the molecule is CCCCC(NCC)C1(OCC)CCC(C)CC1. The highest BCUT2D eigenvalue weighted by molar-refractivity contribution is 4.96. The van der Waals surface area contributed by atoms with Gasteiger partial charge in [-0.05, 0) is 51.5 Å². The molecule has 0 radical (unpaired) electrons. The first kappa shape index (κ1) is 16.0. The molecule has 0 bridgehead atoms. The van der Waals surface area contributed by atoms with E-state index in [-0.39, 0.29) is 5.60 Å². The van der Waals surface area contributed by atoms with E-state index in [9.17, 15) is 0 Å². The second kappa shape index (κ2) is 8.16. The molecule has 1 atom stereocenters. The number of hydrogen-bond donors (Lipinski definition) is 1. The van der Waals surface area contributed by atoms with E-state index in [0.717, 1.165) is 19.1 Å². The number of unbranched alkanes of at least 4 members (excludes halogenated alkanes) is 1. The molecule has 0 amide bonds. The second-order valence-corrected chi connectivity index (χ2v) is 5.93. The van der Waals surface area contributed by atoms with Gasteiger partial charge in [-0.1, -0.05) is 33.6 Å². The molecule has 2 nitrogen and oxygen atoms in total. The Morgan fingerprint density at radius 1 is 1.22 bits per heavy atom. The first-order valence-electron chi connectivity index (χ1n) is 8.05. The van der Waals surface area contributed by atoms with E-state index in [4.69, 9.17) is 4.74 Å². The van der Waals surface area contributed by atoms with Gasteiger partial charge in [0.2, 0.25) is 0 Å². The Labute approximate surface area is 114 Å². The van der Waals surface area contributed by atoms with Gasteiger partial charge in [-0.15, -0.1) is 0 Å². The van der Waals surface area contributed by atoms with Crippen LogP contribution in [0.1, 0.15) is 72.6 Å². The number of likely N-dealkylation sites (N-methyl/N-ethyl adjacent to an activating group) is 1. The van der Waals surface area contributed by atoms with Crippen molar-refractivity contribution in [2.75, 3.05) is 13.2 Å². The highest BCUT2D eigenvalue weighted by Gasteiger charge is 2.41. The lowest BCUT2D eigenvalue weighted by molar-refractivity contribution is -0.0977. The summed E-state index contributed by atoms with van der Waals surface area (Å²) in [6, 6.07) is 0.551. The third-order valence-corrected chi connectivity index (χ3v) is 4.48. The molecule has 1 aliphatic rings. The Hall–Kier alpha value is -0.0800. The van der Waals surface area contributed by atoms with Crippen molar-refractivity contribution >= 4 is 0 Å². The van der Waals surface area contributed by atoms with Crippen molar-refractivity contribution in [1.29, 1.82) is 0 Å². The van der Waals surface area contributed by atoms with E-state index < -0.39 is 0 Å². The molecule has 0 aromatic carbocycles. The van der Waals surface area contributed by atoms with Crippen molar-refractivity contribution in [3.8, 4) is 0 Å². The van der Waals surface area contributed by atoms with Gasteiger partial charge < -0.3 is 10.1 Å². The van der Waals surface area contributed by atoms with Gasteiger partial charge in [0, 0.05) is 12.6 Å². The van der Waals surface area contributed by atoms with Gasteiger partial charge in [0.1, 0.15) is 0 Å². The van der Waals surface area contributed by atoms with Gasteiger partial charge >= 0.3 is 0 Å². The molecular formula is C16H33NO. The maximum atomic E-state index is 6.27. The van der Waals surface area contributed by atoms with Gasteiger partial charge in [-0.3, -0.25) is 0 Å². The molecule has 1 aliphatic carbocycles. The van der Waals surface area contributed by atoms with Crippen LogP contribution < -0.4 is 5.32 Å². The quantitative estimate of drug-likeness (QED) is 0.704. The number of rotatable bonds is 8. The fraction of sp³-hybridized carbons (Fsp3) is 1.00. The maximum absolute atomic E-state index is 6.27.